The first kappa shape index (κ1) is 29.2. The Morgan fingerprint density at radius 3 is 2.51 bits per heavy atom. The molecule has 7 nitrogen and oxygen atoms in total. The van der Waals surface area contributed by atoms with E-state index in [1.165, 1.54) is 11.8 Å². The molecule has 8 heteroatoms. The fourth-order valence-corrected chi connectivity index (χ4v) is 5.20. The Morgan fingerprint density at radius 2 is 1.80 bits per heavy atom. The van der Waals surface area contributed by atoms with E-state index in [2.05, 4.69) is 17.6 Å². The number of para-hydroxylation sites is 1. The smallest absolute Gasteiger partial charge is 0.344 e. The summed E-state index contributed by atoms with van der Waals surface area (Å²) in [6.07, 6.45) is 4.04. The molecule has 0 aromatic heterocycles. The number of hydrogen-bond donors (Lipinski definition) is 1. The average molecular weight is 567 g/mol. The highest BCUT2D eigenvalue weighted by Gasteiger charge is 2.33. The quantitative estimate of drug-likeness (QED) is 0.190. The lowest BCUT2D eigenvalue weighted by Crippen LogP contribution is -2.12. The molecule has 0 bridgehead atoms. The van der Waals surface area contributed by atoms with Gasteiger partial charge in [0.25, 0.3) is 0 Å². The second kappa shape index (κ2) is 14.1. The van der Waals surface area contributed by atoms with E-state index in [9.17, 15) is 15.2 Å². The topological polar surface area (TPSA) is 101 Å². The molecular weight excluding hydrogens is 536 g/mol. The Bertz CT molecular complexity index is 1570. The summed E-state index contributed by atoms with van der Waals surface area (Å²) in [6, 6.07) is 22.4. The summed E-state index contributed by atoms with van der Waals surface area (Å²) in [6.45, 7) is 8.24. The molecule has 0 radical (unpaired) electrons. The number of aliphatic hydroxyl groups is 1. The van der Waals surface area contributed by atoms with Crippen LogP contribution in [-0.2, 0) is 22.6 Å². The summed E-state index contributed by atoms with van der Waals surface area (Å²) in [5.74, 6) is 0.238. The second-order valence-corrected chi connectivity index (χ2v) is 9.83. The molecule has 1 heterocycles. The maximum Gasteiger partial charge on any atom is 0.344 e. The van der Waals surface area contributed by atoms with Gasteiger partial charge in [-0.15, -0.1) is 6.58 Å². The molecule has 0 aliphatic carbocycles. The van der Waals surface area contributed by atoms with E-state index in [1.54, 1.807) is 25.1 Å². The van der Waals surface area contributed by atoms with Crippen molar-refractivity contribution in [3.05, 3.63) is 118 Å². The van der Waals surface area contributed by atoms with Gasteiger partial charge in [0.15, 0.2) is 11.5 Å². The van der Waals surface area contributed by atoms with Crippen LogP contribution in [-0.4, -0.2) is 29.3 Å². The number of nitrogens with zero attached hydrogens (tertiary/aromatic N) is 2. The standard InChI is InChI=1S/C33H30N2O5S/c1-4-12-23-17-22(18-27(38-5-2)31(23)40-21-25-14-11-10-13-24(25)20-34)19-28-30(36)29(33(37)39-6-3)32(41-28)35-26-15-8-7-9-16-26/h4,7-11,13-19,36H,1,5-6,12,21H2,2-3H3/b28-19-,35-32?. The molecule has 1 N–H and O–H groups in total. The highest BCUT2D eigenvalue weighted by molar-refractivity contribution is 8.18. The molecule has 208 valence electrons. The van der Waals surface area contributed by atoms with Crippen molar-refractivity contribution >= 4 is 34.5 Å². The van der Waals surface area contributed by atoms with Crippen molar-refractivity contribution in [2.75, 3.05) is 13.2 Å². The highest BCUT2D eigenvalue weighted by Crippen LogP contribution is 2.42. The van der Waals surface area contributed by atoms with Crippen LogP contribution < -0.4 is 9.47 Å². The van der Waals surface area contributed by atoms with Crippen LogP contribution in [0.2, 0.25) is 0 Å². The van der Waals surface area contributed by atoms with E-state index in [0.29, 0.717) is 45.7 Å². The molecule has 0 amide bonds. The molecular formula is C33H30N2O5S. The Balaban J connectivity index is 1.74. The monoisotopic (exact) mass is 566 g/mol. The number of allylic oxidation sites excluding steroid dienone is 1. The third-order valence-electron chi connectivity index (χ3n) is 5.98. The maximum absolute atomic E-state index is 12.8. The van der Waals surface area contributed by atoms with Crippen molar-refractivity contribution in [2.45, 2.75) is 26.9 Å². The summed E-state index contributed by atoms with van der Waals surface area (Å²) in [7, 11) is 0. The van der Waals surface area contributed by atoms with Crippen LogP contribution >= 0.6 is 11.8 Å². The summed E-state index contributed by atoms with van der Waals surface area (Å²) in [5.41, 5.74) is 3.54. The van der Waals surface area contributed by atoms with E-state index in [1.807, 2.05) is 67.6 Å². The lowest BCUT2D eigenvalue weighted by Gasteiger charge is -2.17. The van der Waals surface area contributed by atoms with E-state index < -0.39 is 5.97 Å². The normalized spacial score (nSPS) is 14.7. The first-order valence-electron chi connectivity index (χ1n) is 13.1. The van der Waals surface area contributed by atoms with Crippen LogP contribution in [0.1, 0.15) is 36.1 Å². The van der Waals surface area contributed by atoms with Gasteiger partial charge < -0.3 is 19.3 Å². The van der Waals surface area contributed by atoms with Gasteiger partial charge in [-0.05, 0) is 62.2 Å². The van der Waals surface area contributed by atoms with E-state index in [4.69, 9.17) is 14.2 Å². The molecule has 41 heavy (non-hydrogen) atoms. The molecule has 1 aliphatic heterocycles. The van der Waals surface area contributed by atoms with Crippen LogP contribution in [0.5, 0.6) is 11.5 Å². The van der Waals surface area contributed by atoms with Crippen LogP contribution in [0.15, 0.2) is 101 Å². The number of esters is 1. The van der Waals surface area contributed by atoms with Crippen molar-refractivity contribution < 1.29 is 24.1 Å². The fourth-order valence-electron chi connectivity index (χ4n) is 4.17. The van der Waals surface area contributed by atoms with Gasteiger partial charge in [-0.25, -0.2) is 9.79 Å². The van der Waals surface area contributed by atoms with Gasteiger partial charge >= 0.3 is 5.97 Å². The number of nitriles is 1. The predicted octanol–water partition coefficient (Wildman–Crippen LogP) is 7.46. The van der Waals surface area contributed by atoms with Gasteiger partial charge in [-0.3, -0.25) is 0 Å². The number of carbonyl (C=O) groups is 1. The van der Waals surface area contributed by atoms with Crippen LogP contribution in [0.3, 0.4) is 0 Å². The van der Waals surface area contributed by atoms with Crippen molar-refractivity contribution in [2.24, 2.45) is 4.99 Å². The summed E-state index contributed by atoms with van der Waals surface area (Å²) < 4.78 is 17.4. The molecule has 1 aliphatic rings. The minimum Gasteiger partial charge on any atom is -0.506 e. The molecule has 4 rings (SSSR count). The minimum atomic E-state index is -0.640. The van der Waals surface area contributed by atoms with Crippen LogP contribution in [0.4, 0.5) is 5.69 Å². The Labute approximate surface area is 244 Å². The SMILES string of the molecule is C=CCc1cc(/C=C2\SC(=Nc3ccccc3)C(C(=O)OCC)=C2O)cc(OCC)c1OCc1ccccc1C#N. The Hall–Kier alpha value is -4.74. The van der Waals surface area contributed by atoms with Gasteiger partial charge in [-0.1, -0.05) is 54.2 Å². The van der Waals surface area contributed by atoms with E-state index in [-0.39, 0.29) is 24.5 Å². The predicted molar refractivity (Wildman–Crippen MR) is 162 cm³/mol. The number of hydrogen-bond acceptors (Lipinski definition) is 8. The Kier molecular flexibility index (Phi) is 10.0. The van der Waals surface area contributed by atoms with Crippen molar-refractivity contribution in [1.29, 1.82) is 5.26 Å². The molecule has 0 spiro atoms. The minimum absolute atomic E-state index is 0.0272. The van der Waals surface area contributed by atoms with Crippen molar-refractivity contribution in [3.63, 3.8) is 0 Å². The van der Waals surface area contributed by atoms with Crippen molar-refractivity contribution in [3.8, 4) is 17.6 Å². The number of aliphatic imine (C=N–C) groups is 1. The zero-order valence-electron chi connectivity index (χ0n) is 22.9. The summed E-state index contributed by atoms with van der Waals surface area (Å²) in [5, 5.41) is 20.9. The third kappa shape index (κ3) is 7.07. The molecule has 0 unspecified atom stereocenters. The Morgan fingerprint density at radius 1 is 1.05 bits per heavy atom. The third-order valence-corrected chi connectivity index (χ3v) is 7.00. The number of ether oxygens (including phenoxy) is 3. The van der Waals surface area contributed by atoms with Crippen LogP contribution in [0.25, 0.3) is 6.08 Å². The van der Waals surface area contributed by atoms with Gasteiger partial charge in [0.05, 0.1) is 35.4 Å². The van der Waals surface area contributed by atoms with Gasteiger partial charge in [0.1, 0.15) is 23.0 Å². The molecule has 0 saturated heterocycles. The highest BCUT2D eigenvalue weighted by atomic mass is 32.2. The van der Waals surface area contributed by atoms with E-state index in [0.717, 1.165) is 16.7 Å². The van der Waals surface area contributed by atoms with Crippen molar-refractivity contribution in [1.82, 2.24) is 0 Å². The summed E-state index contributed by atoms with van der Waals surface area (Å²) in [4.78, 5) is 17.8. The lowest BCUT2D eigenvalue weighted by molar-refractivity contribution is -0.138. The molecule has 3 aromatic carbocycles. The van der Waals surface area contributed by atoms with E-state index >= 15 is 0 Å². The largest absolute Gasteiger partial charge is 0.506 e. The molecule has 3 aromatic rings. The lowest BCUT2D eigenvalue weighted by atomic mass is 10.0. The molecule has 0 fully saturated rings. The zero-order valence-corrected chi connectivity index (χ0v) is 23.7. The zero-order chi connectivity index (χ0) is 29.2. The first-order chi connectivity index (χ1) is 20.0. The number of carbonyl (C=O) groups excluding carboxylic acids is 1. The molecule has 0 saturated carbocycles. The van der Waals surface area contributed by atoms with Gasteiger partial charge in [0.2, 0.25) is 0 Å². The summed E-state index contributed by atoms with van der Waals surface area (Å²) >= 11 is 1.19. The maximum atomic E-state index is 12.8. The second-order valence-electron chi connectivity index (χ2n) is 8.80. The number of benzene rings is 3. The fraction of sp³-hybridized carbons (Fsp3) is 0.182. The van der Waals surface area contributed by atoms with Gasteiger partial charge in [0, 0.05) is 11.1 Å². The number of aliphatic hydroxyl groups excluding tert-OH is 1. The average Bonchev–Trinajstić information content (AvgIpc) is 3.27. The van der Waals surface area contributed by atoms with Gasteiger partial charge in [-0.2, -0.15) is 5.26 Å². The first-order valence-corrected chi connectivity index (χ1v) is 14.0. The number of thioether (sulfide) groups is 1. The van der Waals surface area contributed by atoms with Crippen LogP contribution in [0, 0.1) is 11.3 Å². The number of rotatable bonds is 11. The molecule has 0 atom stereocenters.